The van der Waals surface area contributed by atoms with E-state index in [1.54, 1.807) is 45.0 Å². The summed E-state index contributed by atoms with van der Waals surface area (Å²) in [6, 6.07) is 6.76. The highest BCUT2D eigenvalue weighted by Crippen LogP contribution is 2.22. The molecule has 0 aromatic heterocycles. The van der Waals surface area contributed by atoms with Gasteiger partial charge in [0.2, 0.25) is 0 Å². The standard InChI is InChI=1S/C17H22FNO4S/c1-17(2,3)23-16(21)19-9-8-13(18)11-24-14-7-5-6-12(10-14)15(20)22-4/h5-8,10H,9,11H2,1-4H3,(H,19,21)/b13-8-. The number of ether oxygens (including phenoxy) is 2. The van der Waals surface area contributed by atoms with Crippen LogP contribution < -0.4 is 5.32 Å². The van der Waals surface area contributed by atoms with Gasteiger partial charge in [0.05, 0.1) is 12.7 Å². The summed E-state index contributed by atoms with van der Waals surface area (Å²) in [4.78, 5) is 23.6. The minimum absolute atomic E-state index is 0.0451. The Morgan fingerprint density at radius 3 is 2.67 bits per heavy atom. The molecule has 5 nitrogen and oxygen atoms in total. The van der Waals surface area contributed by atoms with Crippen LogP contribution in [0.15, 0.2) is 41.1 Å². The number of benzene rings is 1. The molecule has 132 valence electrons. The molecule has 1 aromatic carbocycles. The molecule has 0 aliphatic rings. The van der Waals surface area contributed by atoms with E-state index in [4.69, 9.17) is 4.74 Å². The fraction of sp³-hybridized carbons (Fsp3) is 0.412. The topological polar surface area (TPSA) is 64.6 Å². The normalized spacial score (nSPS) is 11.8. The zero-order valence-electron chi connectivity index (χ0n) is 14.2. The summed E-state index contributed by atoms with van der Waals surface area (Å²) >= 11 is 1.24. The number of nitrogens with one attached hydrogen (secondary N) is 1. The van der Waals surface area contributed by atoms with Gasteiger partial charge in [-0.05, 0) is 45.0 Å². The smallest absolute Gasteiger partial charge is 0.407 e. The predicted molar refractivity (Wildman–Crippen MR) is 91.9 cm³/mol. The quantitative estimate of drug-likeness (QED) is 0.618. The molecule has 0 bridgehead atoms. The molecular formula is C17H22FNO4S. The number of halogens is 1. The number of rotatable bonds is 6. The molecule has 0 aliphatic heterocycles. The fourth-order valence-electron chi connectivity index (χ4n) is 1.60. The Labute approximate surface area is 145 Å². The van der Waals surface area contributed by atoms with Crippen molar-refractivity contribution in [2.75, 3.05) is 19.4 Å². The van der Waals surface area contributed by atoms with Gasteiger partial charge in [0.1, 0.15) is 11.4 Å². The molecule has 0 saturated heterocycles. The van der Waals surface area contributed by atoms with E-state index in [9.17, 15) is 14.0 Å². The number of hydrogen-bond donors (Lipinski definition) is 1. The maximum Gasteiger partial charge on any atom is 0.407 e. The van der Waals surface area contributed by atoms with Gasteiger partial charge >= 0.3 is 12.1 Å². The molecule has 1 amide bonds. The van der Waals surface area contributed by atoms with Crippen molar-refractivity contribution >= 4 is 23.8 Å². The number of methoxy groups -OCH3 is 1. The van der Waals surface area contributed by atoms with Gasteiger partial charge in [-0.1, -0.05) is 6.07 Å². The number of hydrogen-bond acceptors (Lipinski definition) is 5. The van der Waals surface area contributed by atoms with Crippen LogP contribution in [0.3, 0.4) is 0 Å². The van der Waals surface area contributed by atoms with E-state index in [-0.39, 0.29) is 18.1 Å². The highest BCUT2D eigenvalue weighted by atomic mass is 32.2. The van der Waals surface area contributed by atoms with E-state index in [1.165, 1.54) is 24.9 Å². The number of esters is 1. The lowest BCUT2D eigenvalue weighted by Crippen LogP contribution is -2.32. The molecular weight excluding hydrogens is 333 g/mol. The van der Waals surface area contributed by atoms with Crippen molar-refractivity contribution in [3.63, 3.8) is 0 Å². The van der Waals surface area contributed by atoms with Gasteiger partial charge in [0.25, 0.3) is 0 Å². The lowest BCUT2D eigenvalue weighted by atomic mass is 10.2. The van der Waals surface area contributed by atoms with Crippen LogP contribution in [0.1, 0.15) is 31.1 Å². The predicted octanol–water partition coefficient (Wildman–Crippen LogP) is 3.94. The van der Waals surface area contributed by atoms with Gasteiger partial charge in [0, 0.05) is 17.2 Å². The van der Waals surface area contributed by atoms with Crippen LogP contribution in [0.5, 0.6) is 0 Å². The van der Waals surface area contributed by atoms with Crippen LogP contribution in [0, 0.1) is 0 Å². The van der Waals surface area contributed by atoms with Gasteiger partial charge in [-0.15, -0.1) is 11.8 Å². The van der Waals surface area contributed by atoms with Crippen molar-refractivity contribution in [2.45, 2.75) is 31.3 Å². The van der Waals surface area contributed by atoms with Crippen molar-refractivity contribution in [3.8, 4) is 0 Å². The molecule has 0 unspecified atom stereocenters. The Kier molecular flexibility index (Phi) is 7.78. The molecule has 1 rings (SSSR count). The highest BCUT2D eigenvalue weighted by Gasteiger charge is 2.15. The first-order valence-electron chi connectivity index (χ1n) is 7.34. The molecule has 1 aromatic rings. The van der Waals surface area contributed by atoms with Crippen LogP contribution in [-0.4, -0.2) is 37.1 Å². The van der Waals surface area contributed by atoms with Crippen LogP contribution >= 0.6 is 11.8 Å². The van der Waals surface area contributed by atoms with Crippen LogP contribution in [0.25, 0.3) is 0 Å². The summed E-state index contributed by atoms with van der Waals surface area (Å²) in [6.45, 7) is 5.30. The largest absolute Gasteiger partial charge is 0.465 e. The molecule has 0 atom stereocenters. The number of amides is 1. The first-order chi connectivity index (χ1) is 11.2. The van der Waals surface area contributed by atoms with Gasteiger partial charge in [-0.2, -0.15) is 0 Å². The summed E-state index contributed by atoms with van der Waals surface area (Å²) in [5, 5.41) is 2.45. The van der Waals surface area contributed by atoms with Crippen molar-refractivity contribution < 1.29 is 23.5 Å². The van der Waals surface area contributed by atoms with Crippen LogP contribution in [0.2, 0.25) is 0 Å². The van der Waals surface area contributed by atoms with E-state index in [2.05, 4.69) is 10.1 Å². The summed E-state index contributed by atoms with van der Waals surface area (Å²) in [5.74, 6) is -0.713. The monoisotopic (exact) mass is 355 g/mol. The third kappa shape index (κ3) is 8.01. The Morgan fingerprint density at radius 1 is 1.33 bits per heavy atom. The average Bonchev–Trinajstić information content (AvgIpc) is 2.50. The van der Waals surface area contributed by atoms with Crippen molar-refractivity contribution in [1.29, 1.82) is 0 Å². The SMILES string of the molecule is COC(=O)c1cccc(SC/C(F)=C/CNC(=O)OC(C)(C)C)c1. The molecule has 7 heteroatoms. The molecule has 1 N–H and O–H groups in total. The Balaban J connectivity index is 2.44. The van der Waals surface area contributed by atoms with E-state index >= 15 is 0 Å². The number of carbonyl (C=O) groups is 2. The van der Waals surface area contributed by atoms with Gasteiger partial charge < -0.3 is 14.8 Å². The number of carbonyl (C=O) groups excluding carboxylic acids is 2. The second-order valence-corrected chi connectivity index (χ2v) is 6.89. The van der Waals surface area contributed by atoms with Crippen LogP contribution in [0.4, 0.5) is 9.18 Å². The molecule has 0 aliphatic carbocycles. The third-order valence-electron chi connectivity index (χ3n) is 2.60. The summed E-state index contributed by atoms with van der Waals surface area (Å²) < 4.78 is 23.4. The first kappa shape index (κ1) is 20.0. The van der Waals surface area contributed by atoms with Gasteiger partial charge in [-0.3, -0.25) is 0 Å². The van der Waals surface area contributed by atoms with E-state index in [0.29, 0.717) is 5.56 Å². The van der Waals surface area contributed by atoms with E-state index in [0.717, 1.165) is 4.90 Å². The Morgan fingerprint density at radius 2 is 2.04 bits per heavy atom. The van der Waals surface area contributed by atoms with Crippen molar-refractivity contribution in [2.24, 2.45) is 0 Å². The van der Waals surface area contributed by atoms with Gasteiger partial charge in [-0.25, -0.2) is 14.0 Å². The summed E-state index contributed by atoms with van der Waals surface area (Å²) in [5.41, 5.74) is -0.175. The lowest BCUT2D eigenvalue weighted by Gasteiger charge is -2.19. The molecule has 0 saturated carbocycles. The first-order valence-corrected chi connectivity index (χ1v) is 8.32. The minimum atomic E-state index is -0.593. The molecule has 0 spiro atoms. The van der Waals surface area contributed by atoms with Crippen LogP contribution in [-0.2, 0) is 9.47 Å². The molecule has 0 fully saturated rings. The lowest BCUT2D eigenvalue weighted by molar-refractivity contribution is 0.0532. The second kappa shape index (κ2) is 9.32. The maximum absolute atomic E-state index is 13.8. The number of alkyl carbamates (subject to hydrolysis) is 1. The highest BCUT2D eigenvalue weighted by molar-refractivity contribution is 7.99. The molecule has 0 heterocycles. The second-order valence-electron chi connectivity index (χ2n) is 5.84. The maximum atomic E-state index is 13.8. The average molecular weight is 355 g/mol. The van der Waals surface area contributed by atoms with Crippen molar-refractivity contribution in [3.05, 3.63) is 41.7 Å². The number of thioether (sulfide) groups is 1. The summed E-state index contributed by atoms with van der Waals surface area (Å²) in [6.07, 6.45) is 0.686. The minimum Gasteiger partial charge on any atom is -0.465 e. The zero-order chi connectivity index (χ0) is 18.2. The third-order valence-corrected chi connectivity index (χ3v) is 3.61. The fourth-order valence-corrected chi connectivity index (χ4v) is 2.41. The summed E-state index contributed by atoms with van der Waals surface area (Å²) in [7, 11) is 1.31. The zero-order valence-corrected chi connectivity index (χ0v) is 15.0. The van der Waals surface area contributed by atoms with Crippen molar-refractivity contribution in [1.82, 2.24) is 5.32 Å². The van der Waals surface area contributed by atoms with E-state index < -0.39 is 17.7 Å². The molecule has 24 heavy (non-hydrogen) atoms. The Bertz CT molecular complexity index is 611. The Hall–Kier alpha value is -2.02. The van der Waals surface area contributed by atoms with E-state index in [1.807, 2.05) is 0 Å². The molecule has 0 radical (unpaired) electrons. The van der Waals surface area contributed by atoms with Gasteiger partial charge in [0.15, 0.2) is 0 Å².